The maximum atomic E-state index is 11.5. The number of hydrogen-bond acceptors (Lipinski definition) is 4. The molecule has 0 aliphatic carbocycles. The molecular formula is C21H23N3O3. The molecule has 0 unspecified atom stereocenters. The summed E-state index contributed by atoms with van der Waals surface area (Å²) < 4.78 is 7.91. The van der Waals surface area contributed by atoms with Crippen molar-refractivity contribution in [3.63, 3.8) is 0 Å². The zero-order chi connectivity index (χ0) is 18.6. The third-order valence-electron chi connectivity index (χ3n) is 5.08. The van der Waals surface area contributed by atoms with Gasteiger partial charge in [0, 0.05) is 44.1 Å². The van der Waals surface area contributed by atoms with Crippen LogP contribution in [-0.2, 0) is 17.7 Å². The lowest BCUT2D eigenvalue weighted by molar-refractivity contribution is 0.0694. The molecule has 0 saturated carbocycles. The van der Waals surface area contributed by atoms with E-state index in [1.165, 1.54) is 0 Å². The lowest BCUT2D eigenvalue weighted by atomic mass is 10.0. The lowest BCUT2D eigenvalue weighted by Crippen LogP contribution is -2.31. The number of aromatic nitrogens is 2. The standard InChI is InChI=1S/C21H23N3O3/c25-21(26)18-5-2-1-4-17(18)14-23-10-11-27-15-16(13-23)12-19-20-6-3-8-24(20)9-7-22-19/h1-9,16H,10-15H2,(H,25,26)/t16-/m1/s1. The van der Waals surface area contributed by atoms with Gasteiger partial charge in [0.2, 0.25) is 0 Å². The molecule has 27 heavy (non-hydrogen) atoms. The van der Waals surface area contributed by atoms with Gasteiger partial charge in [0.1, 0.15) is 0 Å². The summed E-state index contributed by atoms with van der Waals surface area (Å²) in [7, 11) is 0. The van der Waals surface area contributed by atoms with Gasteiger partial charge in [-0.15, -0.1) is 0 Å². The van der Waals surface area contributed by atoms with Gasteiger partial charge in [-0.3, -0.25) is 9.88 Å². The lowest BCUT2D eigenvalue weighted by Gasteiger charge is -2.24. The van der Waals surface area contributed by atoms with Crippen molar-refractivity contribution in [3.05, 3.63) is 71.8 Å². The predicted molar refractivity (Wildman–Crippen MR) is 102 cm³/mol. The highest BCUT2D eigenvalue weighted by Crippen LogP contribution is 2.19. The van der Waals surface area contributed by atoms with E-state index in [2.05, 4.69) is 20.4 Å². The zero-order valence-corrected chi connectivity index (χ0v) is 15.1. The van der Waals surface area contributed by atoms with E-state index in [1.807, 2.05) is 36.8 Å². The normalized spacial score (nSPS) is 18.4. The second-order valence-corrected chi connectivity index (χ2v) is 7.02. The number of carboxylic acid groups (broad SMARTS) is 1. The fraction of sp³-hybridized carbons (Fsp3) is 0.333. The first kappa shape index (κ1) is 17.7. The second kappa shape index (κ2) is 7.90. The highest BCUT2D eigenvalue weighted by molar-refractivity contribution is 5.89. The SMILES string of the molecule is O=C(O)c1ccccc1CN1CCOC[C@H](Cc2nccn3cccc23)C1. The Morgan fingerprint density at radius 2 is 2.11 bits per heavy atom. The molecule has 1 fully saturated rings. The van der Waals surface area contributed by atoms with Crippen LogP contribution in [0.15, 0.2) is 55.0 Å². The highest BCUT2D eigenvalue weighted by Gasteiger charge is 2.22. The monoisotopic (exact) mass is 365 g/mol. The van der Waals surface area contributed by atoms with Gasteiger partial charge >= 0.3 is 5.97 Å². The van der Waals surface area contributed by atoms with E-state index in [4.69, 9.17) is 4.74 Å². The van der Waals surface area contributed by atoms with E-state index in [0.717, 1.165) is 36.3 Å². The molecule has 0 bridgehead atoms. The number of benzene rings is 1. The molecule has 1 N–H and O–H groups in total. The number of fused-ring (bicyclic) bond motifs is 1. The van der Waals surface area contributed by atoms with Gasteiger partial charge in [-0.1, -0.05) is 18.2 Å². The highest BCUT2D eigenvalue weighted by atomic mass is 16.5. The van der Waals surface area contributed by atoms with Crippen molar-refractivity contribution in [2.45, 2.75) is 13.0 Å². The second-order valence-electron chi connectivity index (χ2n) is 7.02. The van der Waals surface area contributed by atoms with Crippen LogP contribution in [0.4, 0.5) is 0 Å². The average Bonchev–Trinajstić information content (AvgIpc) is 3.05. The van der Waals surface area contributed by atoms with Crippen molar-refractivity contribution in [1.82, 2.24) is 14.3 Å². The maximum Gasteiger partial charge on any atom is 0.336 e. The number of ether oxygens (including phenoxy) is 1. The van der Waals surface area contributed by atoms with Gasteiger partial charge in [0.05, 0.1) is 30.0 Å². The van der Waals surface area contributed by atoms with Gasteiger partial charge in [0.25, 0.3) is 0 Å². The van der Waals surface area contributed by atoms with Crippen molar-refractivity contribution in [1.29, 1.82) is 0 Å². The Kier molecular flexibility index (Phi) is 5.18. The molecule has 2 aromatic heterocycles. The number of nitrogens with zero attached hydrogens (tertiary/aromatic N) is 3. The zero-order valence-electron chi connectivity index (χ0n) is 15.1. The summed E-state index contributed by atoms with van der Waals surface area (Å²) in [5.41, 5.74) is 3.42. The van der Waals surface area contributed by atoms with Crippen molar-refractivity contribution in [2.24, 2.45) is 5.92 Å². The Hall–Kier alpha value is -2.70. The molecule has 1 aromatic carbocycles. The third-order valence-corrected chi connectivity index (χ3v) is 5.08. The van der Waals surface area contributed by atoms with Gasteiger partial charge in [-0.2, -0.15) is 0 Å². The van der Waals surface area contributed by atoms with E-state index >= 15 is 0 Å². The minimum Gasteiger partial charge on any atom is -0.478 e. The van der Waals surface area contributed by atoms with Crippen LogP contribution in [0.2, 0.25) is 0 Å². The van der Waals surface area contributed by atoms with Crippen molar-refractivity contribution in [2.75, 3.05) is 26.3 Å². The van der Waals surface area contributed by atoms with Crippen LogP contribution in [0.5, 0.6) is 0 Å². The van der Waals surface area contributed by atoms with Crippen LogP contribution in [0.3, 0.4) is 0 Å². The molecular weight excluding hydrogens is 342 g/mol. The Morgan fingerprint density at radius 3 is 3.00 bits per heavy atom. The van der Waals surface area contributed by atoms with Crippen molar-refractivity contribution >= 4 is 11.5 Å². The molecule has 4 rings (SSSR count). The summed E-state index contributed by atoms with van der Waals surface area (Å²) in [6.07, 6.45) is 6.66. The van der Waals surface area contributed by atoms with Crippen LogP contribution < -0.4 is 0 Å². The summed E-state index contributed by atoms with van der Waals surface area (Å²) in [4.78, 5) is 18.3. The Balaban J connectivity index is 1.50. The van der Waals surface area contributed by atoms with E-state index in [1.54, 1.807) is 12.1 Å². The molecule has 3 heterocycles. The van der Waals surface area contributed by atoms with Gasteiger partial charge in [-0.25, -0.2) is 4.79 Å². The minimum atomic E-state index is -0.877. The van der Waals surface area contributed by atoms with Crippen molar-refractivity contribution < 1.29 is 14.6 Å². The summed E-state index contributed by atoms with van der Waals surface area (Å²) in [5, 5.41) is 9.42. The van der Waals surface area contributed by atoms with Crippen LogP contribution >= 0.6 is 0 Å². The Labute approximate surface area is 158 Å². The van der Waals surface area contributed by atoms with E-state index in [9.17, 15) is 9.90 Å². The molecule has 3 aromatic rings. The van der Waals surface area contributed by atoms with Crippen LogP contribution in [0.25, 0.3) is 5.52 Å². The fourth-order valence-corrected chi connectivity index (χ4v) is 3.79. The molecule has 6 heteroatoms. The third kappa shape index (κ3) is 4.02. The van der Waals surface area contributed by atoms with Gasteiger partial charge in [-0.05, 0) is 30.2 Å². The van der Waals surface area contributed by atoms with Crippen LogP contribution in [0.1, 0.15) is 21.6 Å². The van der Waals surface area contributed by atoms with Crippen LogP contribution in [0, 0.1) is 5.92 Å². The fourth-order valence-electron chi connectivity index (χ4n) is 3.79. The quantitative estimate of drug-likeness (QED) is 0.753. The number of rotatable bonds is 5. The largest absolute Gasteiger partial charge is 0.478 e. The van der Waals surface area contributed by atoms with Crippen molar-refractivity contribution in [3.8, 4) is 0 Å². The maximum absolute atomic E-state index is 11.5. The van der Waals surface area contributed by atoms with E-state index < -0.39 is 5.97 Å². The summed E-state index contributed by atoms with van der Waals surface area (Å²) in [5.74, 6) is -0.560. The molecule has 0 spiro atoms. The number of hydrogen-bond donors (Lipinski definition) is 1. The minimum absolute atomic E-state index is 0.318. The molecule has 0 amide bonds. The molecule has 1 aliphatic rings. The van der Waals surface area contributed by atoms with Gasteiger partial charge in [0.15, 0.2) is 0 Å². The molecule has 1 atom stereocenters. The predicted octanol–water partition coefficient (Wildman–Crippen LogP) is 2.72. The topological polar surface area (TPSA) is 67.1 Å². The molecule has 140 valence electrons. The first-order valence-electron chi connectivity index (χ1n) is 9.22. The Morgan fingerprint density at radius 1 is 1.22 bits per heavy atom. The average molecular weight is 365 g/mol. The van der Waals surface area contributed by atoms with Crippen LogP contribution in [-0.4, -0.2) is 51.7 Å². The van der Waals surface area contributed by atoms with Gasteiger partial charge < -0.3 is 14.2 Å². The summed E-state index contributed by atoms with van der Waals surface area (Å²) in [6.45, 7) is 3.63. The molecule has 1 saturated heterocycles. The number of carboxylic acids is 1. The first-order valence-corrected chi connectivity index (χ1v) is 9.22. The smallest absolute Gasteiger partial charge is 0.336 e. The Bertz CT molecular complexity index is 937. The summed E-state index contributed by atoms with van der Waals surface area (Å²) in [6, 6.07) is 11.3. The van der Waals surface area contributed by atoms with E-state index in [0.29, 0.717) is 31.2 Å². The number of carbonyl (C=O) groups is 1. The molecule has 6 nitrogen and oxygen atoms in total. The summed E-state index contributed by atoms with van der Waals surface area (Å²) >= 11 is 0. The van der Waals surface area contributed by atoms with E-state index in [-0.39, 0.29) is 0 Å². The first-order chi connectivity index (χ1) is 13.2. The number of aromatic carboxylic acids is 1. The molecule has 0 radical (unpaired) electrons. The molecule has 1 aliphatic heterocycles.